The molecule has 3 N–H and O–H groups in total. The largest absolute Gasteiger partial charge is 0.480 e. The molecule has 0 aromatic carbocycles. The van der Waals surface area contributed by atoms with Gasteiger partial charge in [-0.15, -0.1) is 0 Å². The van der Waals surface area contributed by atoms with Crippen LogP contribution in [0.25, 0.3) is 0 Å². The van der Waals surface area contributed by atoms with Crippen LogP contribution in [-0.2, 0) is 4.79 Å². The fourth-order valence-electron chi connectivity index (χ4n) is 2.92. The molecule has 114 valence electrons. The van der Waals surface area contributed by atoms with Crippen molar-refractivity contribution >= 4 is 12.0 Å². The molecule has 0 saturated carbocycles. The monoisotopic (exact) mass is 285 g/mol. The number of carbonyl (C=O) groups excluding carboxylic acids is 1. The second-order valence-corrected chi connectivity index (χ2v) is 5.67. The number of carboxylic acid groups (broad SMARTS) is 1. The van der Waals surface area contributed by atoms with E-state index in [1.807, 2.05) is 0 Å². The van der Waals surface area contributed by atoms with E-state index in [-0.39, 0.29) is 19.0 Å². The first-order chi connectivity index (χ1) is 9.49. The topological polar surface area (TPSA) is 93.1 Å². The van der Waals surface area contributed by atoms with E-state index in [9.17, 15) is 14.7 Å². The Balaban J connectivity index is 1.83. The third kappa shape index (κ3) is 3.40. The summed E-state index contributed by atoms with van der Waals surface area (Å²) in [5.74, 6) is -1.07. The first-order valence-electron chi connectivity index (χ1n) is 7.18. The van der Waals surface area contributed by atoms with E-state index in [4.69, 9.17) is 5.11 Å². The van der Waals surface area contributed by atoms with E-state index in [1.165, 1.54) is 17.7 Å². The highest BCUT2D eigenvalue weighted by Gasteiger charge is 2.39. The molecule has 2 amide bonds. The molecule has 3 atom stereocenters. The van der Waals surface area contributed by atoms with Gasteiger partial charge in [0.1, 0.15) is 6.04 Å². The lowest BCUT2D eigenvalue weighted by atomic mass is 10.2. The second-order valence-electron chi connectivity index (χ2n) is 5.67. The maximum absolute atomic E-state index is 12.0. The van der Waals surface area contributed by atoms with Crippen molar-refractivity contribution in [3.05, 3.63) is 0 Å². The molecule has 0 radical (unpaired) electrons. The molecule has 20 heavy (non-hydrogen) atoms. The zero-order valence-corrected chi connectivity index (χ0v) is 11.8. The van der Waals surface area contributed by atoms with Gasteiger partial charge < -0.3 is 20.4 Å². The van der Waals surface area contributed by atoms with Gasteiger partial charge in [-0.25, -0.2) is 9.59 Å². The molecule has 2 fully saturated rings. The van der Waals surface area contributed by atoms with Crippen molar-refractivity contribution in [1.82, 2.24) is 15.1 Å². The number of rotatable bonds is 4. The Bertz CT molecular complexity index is 371. The minimum atomic E-state index is -1.07. The SMILES string of the molecule is CC(CNC(=O)N1C[C@@H](O)C[C@H]1C(=O)O)N1CCCC1. The predicted molar refractivity (Wildman–Crippen MR) is 72.4 cm³/mol. The molecule has 0 aromatic rings. The van der Waals surface area contributed by atoms with E-state index in [0.717, 1.165) is 13.1 Å². The van der Waals surface area contributed by atoms with Crippen LogP contribution in [0, 0.1) is 0 Å². The number of nitrogens with zero attached hydrogens (tertiary/aromatic N) is 2. The lowest BCUT2D eigenvalue weighted by molar-refractivity contribution is -0.141. The van der Waals surface area contributed by atoms with Crippen molar-refractivity contribution in [1.29, 1.82) is 0 Å². The molecule has 2 heterocycles. The van der Waals surface area contributed by atoms with Gasteiger partial charge in [-0.3, -0.25) is 4.90 Å². The first-order valence-corrected chi connectivity index (χ1v) is 7.18. The van der Waals surface area contributed by atoms with Crippen LogP contribution in [0.4, 0.5) is 4.79 Å². The summed E-state index contributed by atoms with van der Waals surface area (Å²) >= 11 is 0. The Labute approximate surface area is 118 Å². The second kappa shape index (κ2) is 6.41. The summed E-state index contributed by atoms with van der Waals surface area (Å²) in [6.07, 6.45) is 1.73. The molecule has 2 saturated heterocycles. The molecule has 0 spiro atoms. The summed E-state index contributed by atoms with van der Waals surface area (Å²) in [6.45, 7) is 4.74. The number of hydrogen-bond donors (Lipinski definition) is 3. The smallest absolute Gasteiger partial charge is 0.326 e. The predicted octanol–water partition coefficient (Wildman–Crippen LogP) is -0.300. The first kappa shape index (κ1) is 15.1. The van der Waals surface area contributed by atoms with Gasteiger partial charge in [0.05, 0.1) is 6.10 Å². The number of aliphatic hydroxyl groups is 1. The Morgan fingerprint density at radius 3 is 2.60 bits per heavy atom. The molecule has 2 aliphatic heterocycles. The molecule has 7 heteroatoms. The third-order valence-corrected chi connectivity index (χ3v) is 4.14. The quantitative estimate of drug-likeness (QED) is 0.659. The number of aliphatic hydroxyl groups excluding tert-OH is 1. The van der Waals surface area contributed by atoms with E-state index in [2.05, 4.69) is 17.1 Å². The number of likely N-dealkylation sites (tertiary alicyclic amines) is 2. The van der Waals surface area contributed by atoms with Crippen molar-refractivity contribution in [2.75, 3.05) is 26.2 Å². The molecule has 0 aromatic heterocycles. The van der Waals surface area contributed by atoms with Crippen LogP contribution < -0.4 is 5.32 Å². The standard InChI is InChI=1S/C13H23N3O4/c1-9(15-4-2-3-5-15)7-14-13(20)16-8-10(17)6-11(16)12(18)19/h9-11,17H,2-8H2,1H3,(H,14,20)(H,18,19)/t9?,10-,11-/m0/s1. The number of amides is 2. The van der Waals surface area contributed by atoms with Crippen LogP contribution in [0.15, 0.2) is 0 Å². The zero-order valence-electron chi connectivity index (χ0n) is 11.8. The summed E-state index contributed by atoms with van der Waals surface area (Å²) in [7, 11) is 0. The average Bonchev–Trinajstić information content (AvgIpc) is 3.04. The molecule has 1 unspecified atom stereocenters. The molecular formula is C13H23N3O4. The minimum Gasteiger partial charge on any atom is -0.480 e. The van der Waals surface area contributed by atoms with Crippen molar-refractivity contribution in [3.63, 3.8) is 0 Å². The van der Waals surface area contributed by atoms with Crippen LogP contribution in [0.1, 0.15) is 26.2 Å². The summed E-state index contributed by atoms with van der Waals surface area (Å²) in [4.78, 5) is 26.6. The van der Waals surface area contributed by atoms with Crippen LogP contribution in [-0.4, -0.2) is 76.4 Å². The van der Waals surface area contributed by atoms with E-state index in [0.29, 0.717) is 6.54 Å². The van der Waals surface area contributed by atoms with E-state index < -0.39 is 24.1 Å². The van der Waals surface area contributed by atoms with Crippen LogP contribution in [0.3, 0.4) is 0 Å². The molecule has 2 rings (SSSR count). The van der Waals surface area contributed by atoms with Gasteiger partial charge in [0, 0.05) is 25.6 Å². The number of urea groups is 1. The van der Waals surface area contributed by atoms with Gasteiger partial charge in [-0.2, -0.15) is 0 Å². The van der Waals surface area contributed by atoms with Crippen molar-refractivity contribution in [2.45, 2.75) is 44.4 Å². The van der Waals surface area contributed by atoms with Crippen LogP contribution in [0.2, 0.25) is 0 Å². The van der Waals surface area contributed by atoms with Crippen LogP contribution in [0.5, 0.6) is 0 Å². The van der Waals surface area contributed by atoms with Crippen molar-refractivity contribution in [3.8, 4) is 0 Å². The Kier molecular flexibility index (Phi) is 4.82. The zero-order chi connectivity index (χ0) is 14.7. The van der Waals surface area contributed by atoms with Crippen molar-refractivity contribution in [2.24, 2.45) is 0 Å². The Morgan fingerprint density at radius 1 is 1.35 bits per heavy atom. The van der Waals surface area contributed by atoms with Gasteiger partial charge in [0.25, 0.3) is 0 Å². The Morgan fingerprint density at radius 2 is 2.00 bits per heavy atom. The molecule has 0 bridgehead atoms. The fourth-order valence-corrected chi connectivity index (χ4v) is 2.92. The lowest BCUT2D eigenvalue weighted by Gasteiger charge is -2.26. The maximum atomic E-state index is 12.0. The molecular weight excluding hydrogens is 262 g/mol. The van der Waals surface area contributed by atoms with Gasteiger partial charge in [-0.05, 0) is 32.9 Å². The lowest BCUT2D eigenvalue weighted by Crippen LogP contribution is -2.49. The summed E-state index contributed by atoms with van der Waals surface area (Å²) in [5, 5.41) is 21.4. The van der Waals surface area contributed by atoms with Gasteiger partial charge in [0.2, 0.25) is 0 Å². The number of nitrogens with one attached hydrogen (secondary N) is 1. The third-order valence-electron chi connectivity index (χ3n) is 4.14. The van der Waals surface area contributed by atoms with Gasteiger partial charge >= 0.3 is 12.0 Å². The average molecular weight is 285 g/mol. The summed E-state index contributed by atoms with van der Waals surface area (Å²) in [5.41, 5.74) is 0. The normalized spacial score (nSPS) is 28.6. The highest BCUT2D eigenvalue weighted by atomic mass is 16.4. The highest BCUT2D eigenvalue weighted by molar-refractivity contribution is 5.83. The number of hydrogen-bond acceptors (Lipinski definition) is 4. The Hall–Kier alpha value is -1.34. The number of β-amino-alcohol motifs (C(OH)–C–C–N with tert-alkyl or cyclic N) is 1. The van der Waals surface area contributed by atoms with Gasteiger partial charge in [0.15, 0.2) is 0 Å². The van der Waals surface area contributed by atoms with Crippen molar-refractivity contribution < 1.29 is 19.8 Å². The van der Waals surface area contributed by atoms with E-state index >= 15 is 0 Å². The maximum Gasteiger partial charge on any atom is 0.326 e. The highest BCUT2D eigenvalue weighted by Crippen LogP contribution is 2.18. The molecule has 2 aliphatic rings. The summed E-state index contributed by atoms with van der Waals surface area (Å²) < 4.78 is 0. The summed E-state index contributed by atoms with van der Waals surface area (Å²) in [6, 6.07) is -1.08. The molecule has 7 nitrogen and oxygen atoms in total. The van der Waals surface area contributed by atoms with Crippen LogP contribution >= 0.6 is 0 Å². The minimum absolute atomic E-state index is 0.0842. The van der Waals surface area contributed by atoms with E-state index in [1.54, 1.807) is 0 Å². The fraction of sp³-hybridized carbons (Fsp3) is 0.846. The number of aliphatic carboxylic acids is 1. The number of carbonyl (C=O) groups is 2. The molecule has 0 aliphatic carbocycles. The van der Waals surface area contributed by atoms with Gasteiger partial charge in [-0.1, -0.05) is 0 Å². The number of carboxylic acids is 1.